The summed E-state index contributed by atoms with van der Waals surface area (Å²) in [6, 6.07) is 14.1. The maximum atomic E-state index is 12.1. The van der Waals surface area contributed by atoms with E-state index in [1.54, 1.807) is 30.3 Å². The van der Waals surface area contributed by atoms with E-state index in [0.29, 0.717) is 17.1 Å². The maximum Gasteiger partial charge on any atom is 0.283 e. The average molecular weight is 312 g/mol. The van der Waals surface area contributed by atoms with Gasteiger partial charge in [0.2, 0.25) is 6.10 Å². The van der Waals surface area contributed by atoms with Gasteiger partial charge in [0.15, 0.2) is 11.5 Å². The van der Waals surface area contributed by atoms with Crippen LogP contribution in [-0.4, -0.2) is 24.5 Å². The van der Waals surface area contributed by atoms with Crippen molar-refractivity contribution in [3.63, 3.8) is 0 Å². The van der Waals surface area contributed by atoms with Crippen LogP contribution in [0.25, 0.3) is 0 Å². The maximum absolute atomic E-state index is 12.1. The average Bonchev–Trinajstić information content (AvgIpc) is 2.59. The standard InChI is InChI=1S/C17H16N2O4/c1-11-6-8-12(9-7-11)16(20)18-19-17(21)15-10-22-13-4-2-3-5-14(13)23-15/h2-9,15H,10H2,1H3,(H,18,20)(H,19,21)/t15-/m0/s1. The van der Waals surface area contributed by atoms with Crippen LogP contribution in [0.4, 0.5) is 0 Å². The zero-order valence-corrected chi connectivity index (χ0v) is 12.5. The highest BCUT2D eigenvalue weighted by Gasteiger charge is 2.27. The third-order valence-electron chi connectivity index (χ3n) is 3.41. The SMILES string of the molecule is Cc1ccc(C(=O)NNC(=O)[C@@H]2COc3ccccc3O2)cc1. The number of hydrogen-bond donors (Lipinski definition) is 2. The monoisotopic (exact) mass is 312 g/mol. The number of carbonyl (C=O) groups is 2. The number of rotatable bonds is 2. The van der Waals surface area contributed by atoms with Gasteiger partial charge in [-0.25, -0.2) is 0 Å². The van der Waals surface area contributed by atoms with Crippen molar-refractivity contribution in [2.75, 3.05) is 6.61 Å². The van der Waals surface area contributed by atoms with Crippen molar-refractivity contribution in [2.24, 2.45) is 0 Å². The first kappa shape index (κ1) is 14.9. The first-order chi connectivity index (χ1) is 11.1. The van der Waals surface area contributed by atoms with Gasteiger partial charge in [0, 0.05) is 5.56 Å². The van der Waals surface area contributed by atoms with Gasteiger partial charge in [0.05, 0.1) is 0 Å². The molecular weight excluding hydrogens is 296 g/mol. The minimum atomic E-state index is -0.816. The van der Waals surface area contributed by atoms with E-state index < -0.39 is 17.9 Å². The van der Waals surface area contributed by atoms with E-state index in [-0.39, 0.29) is 6.61 Å². The lowest BCUT2D eigenvalue weighted by molar-refractivity contribution is -0.131. The molecule has 0 radical (unpaired) electrons. The summed E-state index contributed by atoms with van der Waals surface area (Å²) < 4.78 is 11.0. The highest BCUT2D eigenvalue weighted by molar-refractivity contribution is 5.95. The van der Waals surface area contributed by atoms with Gasteiger partial charge in [-0.1, -0.05) is 29.8 Å². The smallest absolute Gasteiger partial charge is 0.283 e. The molecule has 0 aromatic heterocycles. The second kappa shape index (κ2) is 6.39. The molecule has 1 atom stereocenters. The molecule has 0 aliphatic carbocycles. The van der Waals surface area contributed by atoms with Gasteiger partial charge in [-0.15, -0.1) is 0 Å². The molecule has 1 aliphatic heterocycles. The molecule has 2 aromatic rings. The van der Waals surface area contributed by atoms with E-state index in [1.807, 2.05) is 25.1 Å². The first-order valence-corrected chi connectivity index (χ1v) is 7.19. The largest absolute Gasteiger partial charge is 0.485 e. The quantitative estimate of drug-likeness (QED) is 0.826. The summed E-state index contributed by atoms with van der Waals surface area (Å²) in [7, 11) is 0. The zero-order chi connectivity index (χ0) is 16.2. The van der Waals surface area contributed by atoms with Crippen molar-refractivity contribution in [3.8, 4) is 11.5 Å². The molecule has 3 rings (SSSR count). The molecule has 6 nitrogen and oxygen atoms in total. The van der Waals surface area contributed by atoms with Crippen LogP contribution in [0.5, 0.6) is 11.5 Å². The topological polar surface area (TPSA) is 76.7 Å². The minimum Gasteiger partial charge on any atom is -0.485 e. The fourth-order valence-corrected chi connectivity index (χ4v) is 2.12. The molecule has 6 heteroatoms. The van der Waals surface area contributed by atoms with Gasteiger partial charge in [-0.05, 0) is 31.2 Å². The van der Waals surface area contributed by atoms with Crippen LogP contribution in [0.15, 0.2) is 48.5 Å². The summed E-state index contributed by atoms with van der Waals surface area (Å²) in [6.45, 7) is 2.02. The van der Waals surface area contributed by atoms with Crippen molar-refractivity contribution in [1.29, 1.82) is 0 Å². The Morgan fingerprint density at radius 2 is 1.70 bits per heavy atom. The molecule has 2 N–H and O–H groups in total. The number of hydrazine groups is 1. The number of aryl methyl sites for hydroxylation is 1. The van der Waals surface area contributed by atoms with E-state index >= 15 is 0 Å². The van der Waals surface area contributed by atoms with Crippen LogP contribution in [0.1, 0.15) is 15.9 Å². The van der Waals surface area contributed by atoms with E-state index in [2.05, 4.69) is 10.9 Å². The van der Waals surface area contributed by atoms with E-state index in [1.165, 1.54) is 0 Å². The summed E-state index contributed by atoms with van der Waals surface area (Å²) in [5.41, 5.74) is 6.23. The molecular formula is C17H16N2O4. The predicted octanol–water partition coefficient (Wildman–Crippen LogP) is 1.60. The Bertz CT molecular complexity index is 728. The summed E-state index contributed by atoms with van der Waals surface area (Å²) in [5, 5.41) is 0. The molecule has 0 spiro atoms. The van der Waals surface area contributed by atoms with Crippen LogP contribution < -0.4 is 20.3 Å². The van der Waals surface area contributed by atoms with Gasteiger partial charge in [0.25, 0.3) is 11.8 Å². The lowest BCUT2D eigenvalue weighted by Crippen LogP contribution is -2.50. The number of fused-ring (bicyclic) bond motifs is 1. The second-order valence-corrected chi connectivity index (χ2v) is 5.17. The van der Waals surface area contributed by atoms with Crippen LogP contribution in [0.2, 0.25) is 0 Å². The molecule has 2 aromatic carbocycles. The summed E-state index contributed by atoms with van der Waals surface area (Å²) >= 11 is 0. The van der Waals surface area contributed by atoms with Crippen LogP contribution in [0.3, 0.4) is 0 Å². The Labute approximate surface area is 133 Å². The van der Waals surface area contributed by atoms with Gasteiger partial charge in [-0.2, -0.15) is 0 Å². The Morgan fingerprint density at radius 1 is 1.00 bits per heavy atom. The number of hydrogen-bond acceptors (Lipinski definition) is 4. The zero-order valence-electron chi connectivity index (χ0n) is 12.5. The number of benzene rings is 2. The van der Waals surface area contributed by atoms with E-state index in [9.17, 15) is 9.59 Å². The molecule has 118 valence electrons. The van der Waals surface area contributed by atoms with Crippen molar-refractivity contribution in [1.82, 2.24) is 10.9 Å². The predicted molar refractivity (Wildman–Crippen MR) is 83.1 cm³/mol. The van der Waals surface area contributed by atoms with Gasteiger partial charge in [-0.3, -0.25) is 20.4 Å². The molecule has 0 saturated heterocycles. The lowest BCUT2D eigenvalue weighted by atomic mass is 10.1. The number of carbonyl (C=O) groups excluding carboxylic acids is 2. The van der Waals surface area contributed by atoms with E-state index in [0.717, 1.165) is 5.56 Å². The van der Waals surface area contributed by atoms with Crippen molar-refractivity contribution in [2.45, 2.75) is 13.0 Å². The molecule has 0 bridgehead atoms. The van der Waals surface area contributed by atoms with Crippen molar-refractivity contribution < 1.29 is 19.1 Å². The Balaban J connectivity index is 1.56. The molecule has 0 unspecified atom stereocenters. The summed E-state index contributed by atoms with van der Waals surface area (Å²) in [5.74, 6) is 0.236. The normalized spacial score (nSPS) is 15.6. The number of para-hydroxylation sites is 2. The number of nitrogens with one attached hydrogen (secondary N) is 2. The summed E-state index contributed by atoms with van der Waals surface area (Å²) in [6.07, 6.45) is -0.816. The summed E-state index contributed by atoms with van der Waals surface area (Å²) in [4.78, 5) is 24.0. The molecule has 1 heterocycles. The fourth-order valence-electron chi connectivity index (χ4n) is 2.12. The Hall–Kier alpha value is -3.02. The number of ether oxygens (including phenoxy) is 2. The highest BCUT2D eigenvalue weighted by atomic mass is 16.6. The molecule has 23 heavy (non-hydrogen) atoms. The van der Waals surface area contributed by atoms with Crippen LogP contribution in [0, 0.1) is 6.92 Å². The highest BCUT2D eigenvalue weighted by Crippen LogP contribution is 2.30. The van der Waals surface area contributed by atoms with E-state index in [4.69, 9.17) is 9.47 Å². The number of amides is 2. The van der Waals surface area contributed by atoms with Crippen molar-refractivity contribution in [3.05, 3.63) is 59.7 Å². The Morgan fingerprint density at radius 3 is 2.43 bits per heavy atom. The second-order valence-electron chi connectivity index (χ2n) is 5.17. The minimum absolute atomic E-state index is 0.0866. The lowest BCUT2D eigenvalue weighted by Gasteiger charge is -2.25. The van der Waals surface area contributed by atoms with Gasteiger partial charge < -0.3 is 9.47 Å². The Kier molecular flexibility index (Phi) is 4.14. The first-order valence-electron chi connectivity index (χ1n) is 7.19. The molecule has 2 amide bonds. The fraction of sp³-hybridized carbons (Fsp3) is 0.176. The molecule has 0 saturated carbocycles. The molecule has 0 fully saturated rings. The van der Waals surface area contributed by atoms with Crippen LogP contribution >= 0.6 is 0 Å². The van der Waals surface area contributed by atoms with Gasteiger partial charge in [0.1, 0.15) is 6.61 Å². The van der Waals surface area contributed by atoms with Crippen molar-refractivity contribution >= 4 is 11.8 Å². The molecule has 1 aliphatic rings. The van der Waals surface area contributed by atoms with Gasteiger partial charge >= 0.3 is 0 Å². The third kappa shape index (κ3) is 3.42. The third-order valence-corrected chi connectivity index (χ3v) is 3.41. The van der Waals surface area contributed by atoms with Crippen LogP contribution in [-0.2, 0) is 4.79 Å².